The Morgan fingerprint density at radius 3 is 2.73 bits per heavy atom. The maximum absolute atomic E-state index is 12.8. The number of carbonyl (C=O) groups excluding carboxylic acids is 2. The van der Waals surface area contributed by atoms with Crippen molar-refractivity contribution in [3.05, 3.63) is 34.6 Å². The number of carbonyl (C=O) groups is 2. The van der Waals surface area contributed by atoms with Gasteiger partial charge in [-0.1, -0.05) is 37.7 Å². The fourth-order valence-electron chi connectivity index (χ4n) is 2.29. The zero-order chi connectivity index (χ0) is 19.1. The van der Waals surface area contributed by atoms with Crippen molar-refractivity contribution in [1.82, 2.24) is 14.9 Å². The quantitative estimate of drug-likeness (QED) is 0.589. The van der Waals surface area contributed by atoms with E-state index in [1.165, 1.54) is 0 Å². The molecule has 1 N–H and O–H groups in total. The molecule has 0 saturated heterocycles. The van der Waals surface area contributed by atoms with Crippen LogP contribution in [0.25, 0.3) is 10.9 Å². The van der Waals surface area contributed by atoms with Crippen molar-refractivity contribution in [2.75, 3.05) is 12.4 Å². The average Bonchev–Trinajstić information content (AvgIpc) is 2.59. The van der Waals surface area contributed by atoms with Gasteiger partial charge in [-0.3, -0.25) is 19.5 Å². The molecule has 0 aliphatic carbocycles. The van der Waals surface area contributed by atoms with Gasteiger partial charge in [0.1, 0.15) is 0 Å². The van der Waals surface area contributed by atoms with Crippen LogP contribution in [-0.4, -0.2) is 33.9 Å². The summed E-state index contributed by atoms with van der Waals surface area (Å²) in [6, 6.07) is 7.14. The van der Waals surface area contributed by atoms with Gasteiger partial charge in [0.05, 0.1) is 23.3 Å². The van der Waals surface area contributed by atoms with Crippen molar-refractivity contribution in [2.24, 2.45) is 5.92 Å². The highest BCUT2D eigenvalue weighted by Gasteiger charge is 2.15. The fraction of sp³-hybridized carbons (Fsp3) is 0.444. The number of rotatable bonds is 7. The molecule has 8 heteroatoms. The summed E-state index contributed by atoms with van der Waals surface area (Å²) in [6.07, 6.45) is 0.0458. The molecule has 1 aromatic heterocycles. The monoisotopic (exact) mass is 377 g/mol. The zero-order valence-corrected chi connectivity index (χ0v) is 16.0. The molecule has 1 heterocycles. The van der Waals surface area contributed by atoms with Gasteiger partial charge >= 0.3 is 6.09 Å². The van der Waals surface area contributed by atoms with Crippen LogP contribution in [0, 0.1) is 5.92 Å². The van der Waals surface area contributed by atoms with Gasteiger partial charge < -0.3 is 4.74 Å². The van der Waals surface area contributed by atoms with E-state index in [0.29, 0.717) is 28.5 Å². The Morgan fingerprint density at radius 1 is 1.31 bits per heavy atom. The van der Waals surface area contributed by atoms with Crippen molar-refractivity contribution in [3.63, 3.8) is 0 Å². The topological polar surface area (TPSA) is 90.3 Å². The van der Waals surface area contributed by atoms with Gasteiger partial charge in [0, 0.05) is 6.54 Å². The lowest BCUT2D eigenvalue weighted by atomic mass is 10.1. The molecule has 1 aromatic carbocycles. The van der Waals surface area contributed by atoms with Crippen LogP contribution in [0.1, 0.15) is 27.2 Å². The highest BCUT2D eigenvalue weighted by molar-refractivity contribution is 7.99. The normalized spacial score (nSPS) is 10.9. The molecule has 2 amide bonds. The van der Waals surface area contributed by atoms with Gasteiger partial charge in [-0.05, 0) is 31.4 Å². The van der Waals surface area contributed by atoms with Crippen molar-refractivity contribution >= 4 is 34.7 Å². The van der Waals surface area contributed by atoms with Crippen LogP contribution in [-0.2, 0) is 16.1 Å². The first kappa shape index (κ1) is 20.0. The summed E-state index contributed by atoms with van der Waals surface area (Å²) in [5, 5.41) is 3.15. The molecule has 0 saturated carbocycles. The number of alkyl carbamates (subject to hydrolysis) is 1. The number of imide groups is 1. The molecule has 2 aromatic rings. The van der Waals surface area contributed by atoms with Gasteiger partial charge in [-0.2, -0.15) is 0 Å². The number of benzene rings is 1. The Balaban J connectivity index is 2.23. The molecule has 26 heavy (non-hydrogen) atoms. The molecule has 0 spiro atoms. The van der Waals surface area contributed by atoms with Gasteiger partial charge in [-0.25, -0.2) is 9.78 Å². The Hall–Kier alpha value is -2.35. The maximum atomic E-state index is 12.8. The number of nitrogens with one attached hydrogen (secondary N) is 1. The zero-order valence-electron chi connectivity index (χ0n) is 15.2. The van der Waals surface area contributed by atoms with E-state index in [1.807, 2.05) is 6.07 Å². The minimum Gasteiger partial charge on any atom is -0.450 e. The molecule has 0 aliphatic rings. The van der Waals surface area contributed by atoms with E-state index in [1.54, 1.807) is 29.7 Å². The third kappa shape index (κ3) is 5.32. The van der Waals surface area contributed by atoms with E-state index in [4.69, 9.17) is 0 Å². The molecular weight excluding hydrogens is 354 g/mol. The van der Waals surface area contributed by atoms with Crippen LogP contribution < -0.4 is 10.9 Å². The Labute approximate surface area is 156 Å². The standard InChI is InChI=1S/C18H23N3O4S/c1-4-25-18(24)20-15(22)11-26-17-19-14-8-6-5-7-13(14)16(23)21(17)10-9-12(2)3/h5-8,12H,4,9-11H2,1-3H3,(H,20,22,24). The summed E-state index contributed by atoms with van der Waals surface area (Å²) in [6.45, 7) is 6.53. The van der Waals surface area contributed by atoms with Crippen LogP contribution >= 0.6 is 11.8 Å². The molecule has 140 valence electrons. The highest BCUT2D eigenvalue weighted by atomic mass is 32.2. The highest BCUT2D eigenvalue weighted by Crippen LogP contribution is 2.18. The number of aromatic nitrogens is 2. The summed E-state index contributed by atoms with van der Waals surface area (Å²) in [7, 11) is 0. The first-order valence-corrected chi connectivity index (χ1v) is 9.50. The van der Waals surface area contributed by atoms with Gasteiger partial charge in [0.25, 0.3) is 5.56 Å². The number of hydrogen-bond donors (Lipinski definition) is 1. The second-order valence-electron chi connectivity index (χ2n) is 6.11. The number of amides is 2. The second kappa shape index (κ2) is 9.38. The molecule has 0 radical (unpaired) electrons. The third-order valence-electron chi connectivity index (χ3n) is 3.61. The van der Waals surface area contributed by atoms with E-state index in [0.717, 1.165) is 18.2 Å². The summed E-state index contributed by atoms with van der Waals surface area (Å²) in [5.74, 6) is -0.102. The molecule has 0 atom stereocenters. The Kier molecular flexibility index (Phi) is 7.20. The number of nitrogens with zero attached hydrogens (tertiary/aromatic N) is 2. The summed E-state index contributed by atoms with van der Waals surface area (Å²) in [4.78, 5) is 40.5. The third-order valence-corrected chi connectivity index (χ3v) is 4.58. The maximum Gasteiger partial charge on any atom is 0.413 e. The first-order valence-electron chi connectivity index (χ1n) is 8.51. The smallest absolute Gasteiger partial charge is 0.413 e. The number of para-hydroxylation sites is 1. The van der Waals surface area contributed by atoms with Crippen LogP contribution in [0.5, 0.6) is 0 Å². The van der Waals surface area contributed by atoms with Crippen molar-refractivity contribution in [1.29, 1.82) is 0 Å². The molecule has 0 unspecified atom stereocenters. The van der Waals surface area contributed by atoms with Crippen molar-refractivity contribution in [2.45, 2.75) is 38.9 Å². The van der Waals surface area contributed by atoms with Gasteiger partial charge in [-0.15, -0.1) is 0 Å². The van der Waals surface area contributed by atoms with Crippen LogP contribution in [0.4, 0.5) is 4.79 Å². The largest absolute Gasteiger partial charge is 0.450 e. The predicted octanol–water partition coefficient (Wildman–Crippen LogP) is 2.81. The summed E-state index contributed by atoms with van der Waals surface area (Å²) >= 11 is 1.13. The molecule has 0 aliphatic heterocycles. The van der Waals surface area contributed by atoms with Crippen molar-refractivity contribution in [3.8, 4) is 0 Å². The van der Waals surface area contributed by atoms with Crippen LogP contribution in [0.2, 0.25) is 0 Å². The fourth-order valence-corrected chi connectivity index (χ4v) is 3.11. The first-order chi connectivity index (χ1) is 12.4. The molecule has 2 rings (SSSR count). The lowest BCUT2D eigenvalue weighted by Crippen LogP contribution is -2.32. The predicted molar refractivity (Wildman–Crippen MR) is 101 cm³/mol. The molecule has 0 fully saturated rings. The number of thioether (sulfide) groups is 1. The minimum absolute atomic E-state index is 0.0364. The number of ether oxygens (including phenoxy) is 1. The minimum atomic E-state index is -0.776. The summed E-state index contributed by atoms with van der Waals surface area (Å²) in [5.41, 5.74) is 0.469. The lowest BCUT2D eigenvalue weighted by molar-refractivity contribution is -0.117. The van der Waals surface area contributed by atoms with E-state index < -0.39 is 12.0 Å². The number of fused-ring (bicyclic) bond motifs is 1. The van der Waals surface area contributed by atoms with Gasteiger partial charge in [0.2, 0.25) is 5.91 Å². The number of hydrogen-bond acceptors (Lipinski definition) is 6. The van der Waals surface area contributed by atoms with E-state index >= 15 is 0 Å². The van der Waals surface area contributed by atoms with Crippen molar-refractivity contribution < 1.29 is 14.3 Å². The van der Waals surface area contributed by atoms with E-state index in [9.17, 15) is 14.4 Å². The molecular formula is C18H23N3O4S. The summed E-state index contributed by atoms with van der Waals surface area (Å²) < 4.78 is 6.28. The molecule has 7 nitrogen and oxygen atoms in total. The van der Waals surface area contributed by atoms with E-state index in [2.05, 4.69) is 28.9 Å². The Morgan fingerprint density at radius 2 is 2.04 bits per heavy atom. The second-order valence-corrected chi connectivity index (χ2v) is 7.05. The van der Waals surface area contributed by atoms with Gasteiger partial charge in [0.15, 0.2) is 5.16 Å². The van der Waals surface area contributed by atoms with Crippen LogP contribution in [0.15, 0.2) is 34.2 Å². The van der Waals surface area contributed by atoms with E-state index in [-0.39, 0.29) is 17.9 Å². The Bertz CT molecular complexity index is 848. The SMILES string of the molecule is CCOC(=O)NC(=O)CSc1nc2ccccc2c(=O)n1CCC(C)C. The molecule has 0 bridgehead atoms. The average molecular weight is 377 g/mol. The van der Waals surface area contributed by atoms with Crippen LogP contribution in [0.3, 0.4) is 0 Å². The lowest BCUT2D eigenvalue weighted by Gasteiger charge is -2.14.